The van der Waals surface area contributed by atoms with Crippen LogP contribution in [0.3, 0.4) is 0 Å². The highest BCUT2D eigenvalue weighted by Crippen LogP contribution is 2.11. The Bertz CT molecular complexity index is 334. The van der Waals surface area contributed by atoms with E-state index in [4.69, 9.17) is 11.6 Å². The largest absolute Gasteiger partial charge is 0.302 e. The van der Waals surface area contributed by atoms with Crippen molar-refractivity contribution in [1.82, 2.24) is 4.90 Å². The lowest BCUT2D eigenvalue weighted by molar-refractivity contribution is -0.117. The smallest absolute Gasteiger partial charge is 0.129 e. The van der Waals surface area contributed by atoms with Gasteiger partial charge in [-0.05, 0) is 44.6 Å². The van der Waals surface area contributed by atoms with Crippen molar-refractivity contribution < 1.29 is 4.79 Å². The predicted octanol–water partition coefficient (Wildman–Crippen LogP) is 3.14. The minimum absolute atomic E-state index is 0.264. The molecule has 0 amide bonds. The van der Waals surface area contributed by atoms with E-state index in [1.165, 1.54) is 5.56 Å². The molecule has 0 bridgehead atoms. The van der Waals surface area contributed by atoms with E-state index in [0.29, 0.717) is 6.42 Å². The Balaban J connectivity index is 2.31. The molecule has 3 heteroatoms. The molecule has 0 saturated heterocycles. The lowest BCUT2D eigenvalue weighted by atomic mass is 10.2. The molecule has 0 aliphatic carbocycles. The quantitative estimate of drug-likeness (QED) is 0.760. The molecule has 0 aromatic heterocycles. The van der Waals surface area contributed by atoms with Crippen LogP contribution in [-0.4, -0.2) is 24.3 Å². The van der Waals surface area contributed by atoms with Crippen LogP contribution in [0.5, 0.6) is 0 Å². The first kappa shape index (κ1) is 13.2. The van der Waals surface area contributed by atoms with Gasteiger partial charge in [0.25, 0.3) is 0 Å². The van der Waals surface area contributed by atoms with Gasteiger partial charge in [-0.15, -0.1) is 0 Å². The Morgan fingerprint density at radius 3 is 2.50 bits per heavy atom. The fourth-order valence-corrected chi connectivity index (χ4v) is 1.70. The zero-order chi connectivity index (χ0) is 12.0. The van der Waals surface area contributed by atoms with Gasteiger partial charge in [-0.1, -0.05) is 23.7 Å². The average molecular weight is 240 g/mol. The monoisotopic (exact) mass is 239 g/mol. The van der Waals surface area contributed by atoms with Gasteiger partial charge in [-0.2, -0.15) is 0 Å². The van der Waals surface area contributed by atoms with Crippen molar-refractivity contribution in [2.24, 2.45) is 0 Å². The van der Waals surface area contributed by atoms with Gasteiger partial charge >= 0.3 is 0 Å². The van der Waals surface area contributed by atoms with E-state index < -0.39 is 0 Å². The van der Waals surface area contributed by atoms with Crippen LogP contribution in [0.2, 0.25) is 5.02 Å². The van der Waals surface area contributed by atoms with Crippen molar-refractivity contribution in [2.75, 3.05) is 13.6 Å². The molecule has 0 fully saturated rings. The summed E-state index contributed by atoms with van der Waals surface area (Å²) in [5.74, 6) is 0.264. The van der Waals surface area contributed by atoms with Gasteiger partial charge in [-0.25, -0.2) is 0 Å². The summed E-state index contributed by atoms with van der Waals surface area (Å²) in [7, 11) is 2.06. The molecule has 1 aromatic rings. The minimum Gasteiger partial charge on any atom is -0.302 e. The van der Waals surface area contributed by atoms with Gasteiger partial charge in [-0.3, -0.25) is 0 Å². The highest BCUT2D eigenvalue weighted by atomic mass is 35.5. The second-order valence-electron chi connectivity index (χ2n) is 4.17. The van der Waals surface area contributed by atoms with E-state index in [-0.39, 0.29) is 5.78 Å². The number of hydrogen-bond acceptors (Lipinski definition) is 2. The predicted molar refractivity (Wildman–Crippen MR) is 67.7 cm³/mol. The molecule has 0 radical (unpaired) electrons. The first-order valence-electron chi connectivity index (χ1n) is 5.50. The summed E-state index contributed by atoms with van der Waals surface area (Å²) in [6.07, 6.45) is 1.60. The second kappa shape index (κ2) is 6.66. The second-order valence-corrected chi connectivity index (χ2v) is 4.61. The summed E-state index contributed by atoms with van der Waals surface area (Å²) in [6, 6.07) is 7.87. The van der Waals surface area contributed by atoms with E-state index in [2.05, 4.69) is 11.9 Å². The third-order valence-electron chi connectivity index (χ3n) is 2.43. The number of ketones is 1. The summed E-state index contributed by atoms with van der Waals surface area (Å²) in [5.41, 5.74) is 1.25. The normalized spacial score (nSPS) is 10.8. The van der Waals surface area contributed by atoms with Crippen molar-refractivity contribution in [1.29, 1.82) is 0 Å². The van der Waals surface area contributed by atoms with E-state index in [1.807, 2.05) is 24.3 Å². The maximum atomic E-state index is 10.8. The summed E-state index contributed by atoms with van der Waals surface area (Å²) in [6.45, 7) is 3.48. The first-order chi connectivity index (χ1) is 7.58. The Morgan fingerprint density at radius 1 is 1.31 bits per heavy atom. The zero-order valence-corrected chi connectivity index (χ0v) is 10.6. The molecule has 1 rings (SSSR count). The van der Waals surface area contributed by atoms with Crippen LogP contribution in [0.1, 0.15) is 25.3 Å². The van der Waals surface area contributed by atoms with Crippen molar-refractivity contribution in [2.45, 2.75) is 26.3 Å². The maximum Gasteiger partial charge on any atom is 0.129 e. The maximum absolute atomic E-state index is 10.8. The third-order valence-corrected chi connectivity index (χ3v) is 2.69. The molecule has 0 aliphatic heterocycles. The SMILES string of the molecule is CC(=O)CCCN(C)Cc1ccc(Cl)cc1. The molecule has 88 valence electrons. The van der Waals surface area contributed by atoms with Crippen LogP contribution >= 0.6 is 11.6 Å². The first-order valence-corrected chi connectivity index (χ1v) is 5.88. The van der Waals surface area contributed by atoms with Gasteiger partial charge < -0.3 is 9.69 Å². The molecule has 1 aromatic carbocycles. The Labute approximate surface area is 102 Å². The molecule has 0 saturated carbocycles. The van der Waals surface area contributed by atoms with Gasteiger partial charge in [0.1, 0.15) is 5.78 Å². The molecule has 0 spiro atoms. The van der Waals surface area contributed by atoms with Crippen LogP contribution in [0.4, 0.5) is 0 Å². The van der Waals surface area contributed by atoms with Gasteiger partial charge in [0, 0.05) is 18.0 Å². The molecule has 0 aliphatic rings. The number of hydrogen-bond donors (Lipinski definition) is 0. The number of carbonyl (C=O) groups is 1. The lowest BCUT2D eigenvalue weighted by Gasteiger charge is -2.16. The van der Waals surface area contributed by atoms with Crippen LogP contribution < -0.4 is 0 Å². The number of Topliss-reactive ketones (excluding diaryl/α,β-unsaturated/α-hetero) is 1. The molecule has 0 unspecified atom stereocenters. The van der Waals surface area contributed by atoms with Crippen molar-refractivity contribution >= 4 is 17.4 Å². The zero-order valence-electron chi connectivity index (χ0n) is 9.87. The van der Waals surface area contributed by atoms with Crippen LogP contribution in [0.25, 0.3) is 0 Å². The number of carbonyl (C=O) groups excluding carboxylic acids is 1. The van der Waals surface area contributed by atoms with Gasteiger partial charge in [0.15, 0.2) is 0 Å². The summed E-state index contributed by atoms with van der Waals surface area (Å²) in [4.78, 5) is 13.0. The van der Waals surface area contributed by atoms with Crippen LogP contribution in [0.15, 0.2) is 24.3 Å². The molecule has 2 nitrogen and oxygen atoms in total. The average Bonchev–Trinajstić information content (AvgIpc) is 2.21. The topological polar surface area (TPSA) is 20.3 Å². The van der Waals surface area contributed by atoms with Gasteiger partial charge in [0.2, 0.25) is 0 Å². The highest BCUT2D eigenvalue weighted by Gasteiger charge is 2.01. The lowest BCUT2D eigenvalue weighted by Crippen LogP contribution is -2.19. The highest BCUT2D eigenvalue weighted by molar-refractivity contribution is 6.30. The number of rotatable bonds is 6. The molecule has 0 atom stereocenters. The number of benzene rings is 1. The molecular weight excluding hydrogens is 222 g/mol. The summed E-state index contributed by atoms with van der Waals surface area (Å²) < 4.78 is 0. The fraction of sp³-hybridized carbons (Fsp3) is 0.462. The van der Waals surface area contributed by atoms with E-state index in [0.717, 1.165) is 24.5 Å². The third kappa shape index (κ3) is 5.29. The van der Waals surface area contributed by atoms with E-state index in [9.17, 15) is 4.79 Å². The Morgan fingerprint density at radius 2 is 1.94 bits per heavy atom. The molecule has 16 heavy (non-hydrogen) atoms. The Hall–Kier alpha value is -0.860. The van der Waals surface area contributed by atoms with E-state index >= 15 is 0 Å². The number of nitrogens with zero attached hydrogens (tertiary/aromatic N) is 1. The minimum atomic E-state index is 0.264. The Kier molecular flexibility index (Phi) is 5.50. The van der Waals surface area contributed by atoms with Crippen LogP contribution in [0, 0.1) is 0 Å². The fourth-order valence-electron chi connectivity index (χ4n) is 1.58. The molecule has 0 heterocycles. The summed E-state index contributed by atoms with van der Waals surface area (Å²) >= 11 is 5.82. The molecule has 0 N–H and O–H groups in total. The summed E-state index contributed by atoms with van der Waals surface area (Å²) in [5, 5.41) is 0.767. The van der Waals surface area contributed by atoms with Crippen LogP contribution in [-0.2, 0) is 11.3 Å². The number of halogens is 1. The molecular formula is C13H18ClNO. The van der Waals surface area contributed by atoms with Crippen molar-refractivity contribution in [3.05, 3.63) is 34.9 Å². The van der Waals surface area contributed by atoms with Crippen molar-refractivity contribution in [3.63, 3.8) is 0 Å². The van der Waals surface area contributed by atoms with Gasteiger partial charge in [0.05, 0.1) is 0 Å². The van der Waals surface area contributed by atoms with Crippen molar-refractivity contribution in [3.8, 4) is 0 Å². The van der Waals surface area contributed by atoms with E-state index in [1.54, 1.807) is 6.92 Å². The standard InChI is InChI=1S/C13H18ClNO/c1-11(16)4-3-9-15(2)10-12-5-7-13(14)8-6-12/h5-8H,3-4,9-10H2,1-2H3.